The molecule has 1 aromatic carbocycles. The summed E-state index contributed by atoms with van der Waals surface area (Å²) in [7, 11) is 0. The second-order valence-corrected chi connectivity index (χ2v) is 5.38. The third kappa shape index (κ3) is 2.15. The molecule has 1 N–H and O–H groups in total. The van der Waals surface area contributed by atoms with Crippen LogP contribution in [-0.4, -0.2) is 5.11 Å². The molecule has 0 aliphatic heterocycles. The van der Waals surface area contributed by atoms with E-state index in [9.17, 15) is 5.11 Å². The van der Waals surface area contributed by atoms with Gasteiger partial charge in [0.05, 0.1) is 6.10 Å². The number of hydrogen-bond donors (Lipinski definition) is 1. The summed E-state index contributed by atoms with van der Waals surface area (Å²) < 4.78 is 0. The van der Waals surface area contributed by atoms with Gasteiger partial charge in [-0.1, -0.05) is 43.5 Å². The van der Waals surface area contributed by atoms with Gasteiger partial charge in [-0.3, -0.25) is 0 Å². The van der Waals surface area contributed by atoms with E-state index in [-0.39, 0.29) is 6.10 Å². The van der Waals surface area contributed by atoms with Gasteiger partial charge in [0.2, 0.25) is 0 Å². The highest BCUT2D eigenvalue weighted by Gasteiger charge is 2.31. The zero-order valence-electron chi connectivity index (χ0n) is 10.5. The summed E-state index contributed by atoms with van der Waals surface area (Å²) in [6.45, 7) is 6.46. The lowest BCUT2D eigenvalue weighted by Crippen LogP contribution is -2.16. The maximum Gasteiger partial charge on any atom is 0.0823 e. The predicted molar refractivity (Wildman–Crippen MR) is 67.4 cm³/mol. The van der Waals surface area contributed by atoms with Gasteiger partial charge in [-0.2, -0.15) is 0 Å². The number of aliphatic hydroxyl groups excluding tert-OH is 1. The summed E-state index contributed by atoms with van der Waals surface area (Å²) >= 11 is 0. The summed E-state index contributed by atoms with van der Waals surface area (Å²) in [5.74, 6) is 1.12. The summed E-state index contributed by atoms with van der Waals surface area (Å²) in [5.41, 5.74) is 3.60. The van der Waals surface area contributed by atoms with Crippen LogP contribution in [0.1, 0.15) is 49.0 Å². The molecular weight excluding hydrogens is 196 g/mol. The van der Waals surface area contributed by atoms with Gasteiger partial charge in [0.25, 0.3) is 0 Å². The van der Waals surface area contributed by atoms with Crippen molar-refractivity contribution in [3.05, 3.63) is 34.9 Å². The van der Waals surface area contributed by atoms with E-state index >= 15 is 0 Å². The lowest BCUT2D eigenvalue weighted by atomic mass is 9.86. The van der Waals surface area contributed by atoms with Crippen molar-refractivity contribution in [2.24, 2.45) is 11.8 Å². The average Bonchev–Trinajstić information content (AvgIpc) is 2.67. The summed E-state index contributed by atoms with van der Waals surface area (Å²) in [5, 5.41) is 10.5. The zero-order valence-corrected chi connectivity index (χ0v) is 10.5. The molecule has 1 aromatic rings. The van der Waals surface area contributed by atoms with Crippen LogP contribution < -0.4 is 0 Å². The van der Waals surface area contributed by atoms with E-state index in [1.54, 1.807) is 0 Å². The smallest absolute Gasteiger partial charge is 0.0823 e. The molecule has 1 aliphatic rings. The maximum atomic E-state index is 10.5. The second-order valence-electron chi connectivity index (χ2n) is 5.38. The predicted octanol–water partition coefficient (Wildman–Crippen LogP) is 3.77. The molecule has 0 radical (unpaired) electrons. The molecule has 0 spiro atoms. The molecule has 88 valence electrons. The Balaban J connectivity index is 2.25. The van der Waals surface area contributed by atoms with E-state index in [0.717, 1.165) is 5.56 Å². The number of aryl methyl sites for hydroxylation is 2. The van der Waals surface area contributed by atoms with E-state index in [0.29, 0.717) is 11.8 Å². The summed E-state index contributed by atoms with van der Waals surface area (Å²) in [6, 6.07) is 6.38. The molecule has 1 aliphatic carbocycles. The normalized spacial score (nSPS) is 27.0. The van der Waals surface area contributed by atoms with Gasteiger partial charge in [0.15, 0.2) is 0 Å². The van der Waals surface area contributed by atoms with Gasteiger partial charge in [-0.15, -0.1) is 0 Å². The van der Waals surface area contributed by atoms with E-state index in [1.807, 2.05) is 0 Å². The molecule has 0 heterocycles. The maximum absolute atomic E-state index is 10.5. The Morgan fingerprint density at radius 2 is 2.00 bits per heavy atom. The van der Waals surface area contributed by atoms with Crippen LogP contribution in [0.15, 0.2) is 18.2 Å². The van der Waals surface area contributed by atoms with Crippen molar-refractivity contribution in [1.82, 2.24) is 0 Å². The molecule has 2 rings (SSSR count). The molecule has 16 heavy (non-hydrogen) atoms. The number of rotatable bonds is 2. The fourth-order valence-electron chi connectivity index (χ4n) is 2.95. The lowest BCUT2D eigenvalue weighted by molar-refractivity contribution is 0.0894. The van der Waals surface area contributed by atoms with E-state index in [1.165, 1.54) is 30.4 Å². The Morgan fingerprint density at radius 3 is 2.62 bits per heavy atom. The lowest BCUT2D eigenvalue weighted by Gasteiger charge is -2.24. The van der Waals surface area contributed by atoms with Gasteiger partial charge in [0, 0.05) is 0 Å². The largest absolute Gasteiger partial charge is 0.388 e. The van der Waals surface area contributed by atoms with Crippen molar-refractivity contribution in [1.29, 1.82) is 0 Å². The minimum atomic E-state index is -0.266. The summed E-state index contributed by atoms with van der Waals surface area (Å²) in [6.07, 6.45) is 3.45. The van der Waals surface area contributed by atoms with Crippen LogP contribution in [0.2, 0.25) is 0 Å². The number of hydrogen-bond acceptors (Lipinski definition) is 1. The van der Waals surface area contributed by atoms with Gasteiger partial charge in [0.1, 0.15) is 0 Å². The van der Waals surface area contributed by atoms with Crippen molar-refractivity contribution in [3.63, 3.8) is 0 Å². The van der Waals surface area contributed by atoms with Crippen LogP contribution in [0.3, 0.4) is 0 Å². The quantitative estimate of drug-likeness (QED) is 0.801. The first-order valence-corrected chi connectivity index (χ1v) is 6.35. The standard InChI is InChI=1S/C15H22O/c1-10-7-8-12(3)14(9-10)15(16)13-6-4-5-11(13)2/h7-9,11,13,15-16H,4-6H2,1-3H3. The van der Waals surface area contributed by atoms with Gasteiger partial charge < -0.3 is 5.11 Å². The van der Waals surface area contributed by atoms with Gasteiger partial charge in [-0.25, -0.2) is 0 Å². The highest BCUT2D eigenvalue weighted by Crippen LogP contribution is 2.40. The van der Waals surface area contributed by atoms with Crippen molar-refractivity contribution in [2.75, 3.05) is 0 Å². The van der Waals surface area contributed by atoms with Crippen molar-refractivity contribution in [3.8, 4) is 0 Å². The summed E-state index contributed by atoms with van der Waals surface area (Å²) in [4.78, 5) is 0. The van der Waals surface area contributed by atoms with Crippen molar-refractivity contribution < 1.29 is 5.11 Å². The third-order valence-corrected chi connectivity index (χ3v) is 4.09. The molecule has 3 atom stereocenters. The van der Waals surface area contributed by atoms with Crippen LogP contribution in [0.4, 0.5) is 0 Å². The Hall–Kier alpha value is -0.820. The van der Waals surface area contributed by atoms with Crippen LogP contribution in [0.25, 0.3) is 0 Å². The average molecular weight is 218 g/mol. The minimum absolute atomic E-state index is 0.266. The van der Waals surface area contributed by atoms with Gasteiger partial charge in [-0.05, 0) is 43.2 Å². The molecule has 0 saturated heterocycles. The molecule has 1 heteroatoms. The van der Waals surface area contributed by atoms with Crippen molar-refractivity contribution in [2.45, 2.75) is 46.1 Å². The van der Waals surface area contributed by atoms with E-state index in [2.05, 4.69) is 39.0 Å². The topological polar surface area (TPSA) is 20.2 Å². The molecule has 1 saturated carbocycles. The van der Waals surface area contributed by atoms with Crippen LogP contribution in [0.5, 0.6) is 0 Å². The highest BCUT2D eigenvalue weighted by molar-refractivity contribution is 5.32. The fraction of sp³-hybridized carbons (Fsp3) is 0.600. The molecule has 0 amide bonds. The fourth-order valence-corrected chi connectivity index (χ4v) is 2.95. The van der Waals surface area contributed by atoms with Crippen molar-refractivity contribution >= 4 is 0 Å². The SMILES string of the molecule is Cc1ccc(C)c(C(O)C2CCCC2C)c1. The van der Waals surface area contributed by atoms with E-state index < -0.39 is 0 Å². The van der Waals surface area contributed by atoms with Crippen LogP contribution >= 0.6 is 0 Å². The number of benzene rings is 1. The Morgan fingerprint density at radius 1 is 1.25 bits per heavy atom. The van der Waals surface area contributed by atoms with Gasteiger partial charge >= 0.3 is 0 Å². The monoisotopic (exact) mass is 218 g/mol. The van der Waals surface area contributed by atoms with E-state index in [4.69, 9.17) is 0 Å². The van der Waals surface area contributed by atoms with Crippen LogP contribution in [-0.2, 0) is 0 Å². The zero-order chi connectivity index (χ0) is 11.7. The molecule has 0 aromatic heterocycles. The molecule has 1 fully saturated rings. The highest BCUT2D eigenvalue weighted by atomic mass is 16.3. The third-order valence-electron chi connectivity index (χ3n) is 4.09. The molecule has 3 unspecified atom stereocenters. The van der Waals surface area contributed by atoms with Crippen LogP contribution in [0, 0.1) is 25.7 Å². The Bertz CT molecular complexity index is 370. The molecule has 1 nitrogen and oxygen atoms in total. The Labute approximate surface area is 98.5 Å². The number of aliphatic hydroxyl groups is 1. The first kappa shape index (κ1) is 11.7. The second kappa shape index (κ2) is 4.58. The molecule has 0 bridgehead atoms. The Kier molecular flexibility index (Phi) is 3.34. The first-order valence-electron chi connectivity index (χ1n) is 6.35. The minimum Gasteiger partial charge on any atom is -0.388 e. The first-order chi connectivity index (χ1) is 7.59. The molecular formula is C15H22O.